The molecule has 140 valence electrons. The minimum absolute atomic E-state index is 0.0484. The van der Waals surface area contributed by atoms with Gasteiger partial charge in [-0.2, -0.15) is 0 Å². The first-order valence-corrected chi connectivity index (χ1v) is 9.64. The summed E-state index contributed by atoms with van der Waals surface area (Å²) in [5.74, 6) is 1.81. The Hall–Kier alpha value is -1.85. The van der Waals surface area contributed by atoms with Gasteiger partial charge in [-0.1, -0.05) is 25.4 Å². The fourth-order valence-electron chi connectivity index (χ4n) is 3.69. The lowest BCUT2D eigenvalue weighted by atomic mass is 9.84. The van der Waals surface area contributed by atoms with Gasteiger partial charge in [0.2, 0.25) is 11.7 Å². The Morgan fingerprint density at radius 1 is 1.27 bits per heavy atom. The van der Waals surface area contributed by atoms with Crippen LogP contribution in [0.15, 0.2) is 30.5 Å². The fraction of sp³-hybridized carbons (Fsp3) is 0.500. The van der Waals surface area contributed by atoms with Crippen LogP contribution < -0.4 is 10.6 Å². The van der Waals surface area contributed by atoms with Gasteiger partial charge in [0.05, 0.1) is 6.20 Å². The van der Waals surface area contributed by atoms with Crippen molar-refractivity contribution >= 4 is 23.3 Å². The summed E-state index contributed by atoms with van der Waals surface area (Å²) in [6.45, 7) is 6.61. The van der Waals surface area contributed by atoms with Gasteiger partial charge in [-0.3, -0.25) is 4.79 Å². The maximum Gasteiger partial charge on any atom is 0.211 e. The molecule has 0 aliphatic carbocycles. The molecule has 6 heteroatoms. The van der Waals surface area contributed by atoms with Gasteiger partial charge in [-0.15, -0.1) is 0 Å². The Kier molecular flexibility index (Phi) is 5.99. The van der Waals surface area contributed by atoms with Gasteiger partial charge in [0.1, 0.15) is 5.69 Å². The number of hydrogen-bond acceptors (Lipinski definition) is 4. The number of halogens is 1. The summed E-state index contributed by atoms with van der Waals surface area (Å²) < 4.78 is 1.85. The van der Waals surface area contributed by atoms with E-state index in [0.29, 0.717) is 34.2 Å². The summed E-state index contributed by atoms with van der Waals surface area (Å²) >= 11 is 5.92. The summed E-state index contributed by atoms with van der Waals surface area (Å²) in [4.78, 5) is 17.3. The van der Waals surface area contributed by atoms with Crippen molar-refractivity contribution in [3.05, 3.63) is 46.7 Å². The van der Waals surface area contributed by atoms with Gasteiger partial charge in [0.25, 0.3) is 0 Å². The smallest absolute Gasteiger partial charge is 0.211 e. The molecule has 1 aromatic carbocycles. The van der Waals surface area contributed by atoms with Crippen LogP contribution in [0.3, 0.4) is 0 Å². The molecule has 26 heavy (non-hydrogen) atoms. The Labute approximate surface area is 160 Å². The van der Waals surface area contributed by atoms with Gasteiger partial charge >= 0.3 is 0 Å². The van der Waals surface area contributed by atoms with Crippen molar-refractivity contribution < 1.29 is 4.79 Å². The molecule has 1 atom stereocenters. The monoisotopic (exact) mass is 374 g/mol. The lowest BCUT2D eigenvalue weighted by Gasteiger charge is -2.34. The number of benzene rings is 1. The van der Waals surface area contributed by atoms with Crippen molar-refractivity contribution in [2.24, 2.45) is 18.9 Å². The third-order valence-electron chi connectivity index (χ3n) is 5.23. The number of anilines is 1. The zero-order chi connectivity index (χ0) is 18.7. The molecule has 0 radical (unpaired) electrons. The van der Waals surface area contributed by atoms with Crippen molar-refractivity contribution in [3.63, 3.8) is 0 Å². The lowest BCUT2D eigenvalue weighted by Crippen LogP contribution is -2.41. The van der Waals surface area contributed by atoms with Gasteiger partial charge in [0, 0.05) is 23.7 Å². The first-order chi connectivity index (χ1) is 12.5. The highest BCUT2D eigenvalue weighted by Crippen LogP contribution is 2.25. The topological polar surface area (TPSA) is 59.0 Å². The first kappa shape index (κ1) is 18.9. The van der Waals surface area contributed by atoms with E-state index in [1.54, 1.807) is 30.5 Å². The highest BCUT2D eigenvalue weighted by molar-refractivity contribution is 6.30. The van der Waals surface area contributed by atoms with Crippen molar-refractivity contribution in [2.45, 2.75) is 32.7 Å². The number of aromatic nitrogens is 2. The minimum atomic E-state index is -0.0484. The molecule has 1 fully saturated rings. The van der Waals surface area contributed by atoms with E-state index in [1.807, 2.05) is 11.6 Å². The number of hydrogen-bond donors (Lipinski definition) is 2. The molecule has 5 nitrogen and oxygen atoms in total. The van der Waals surface area contributed by atoms with Gasteiger partial charge < -0.3 is 15.2 Å². The molecule has 0 saturated carbocycles. The summed E-state index contributed by atoms with van der Waals surface area (Å²) in [5.41, 5.74) is 1.19. The first-order valence-electron chi connectivity index (χ1n) is 9.26. The average Bonchev–Trinajstić information content (AvgIpc) is 3.00. The molecule has 3 rings (SSSR count). The third kappa shape index (κ3) is 4.10. The number of piperidine rings is 1. The number of carbonyl (C=O) groups is 1. The normalized spacial score (nSPS) is 16.7. The Balaban J connectivity index is 1.79. The summed E-state index contributed by atoms with van der Waals surface area (Å²) in [6, 6.07) is 7.30. The van der Waals surface area contributed by atoms with Gasteiger partial charge in [-0.05, 0) is 62.0 Å². The predicted octanol–water partition coefficient (Wildman–Crippen LogP) is 3.74. The number of carbonyl (C=O) groups excluding carboxylic acids is 1. The van der Waals surface area contributed by atoms with Gasteiger partial charge in [0.15, 0.2) is 0 Å². The van der Waals surface area contributed by atoms with E-state index in [9.17, 15) is 4.79 Å². The fourth-order valence-corrected chi connectivity index (χ4v) is 3.81. The van der Waals surface area contributed by atoms with Crippen LogP contribution in [-0.2, 0) is 7.05 Å². The standard InChI is InChI=1S/C20H27ClN4O/c1-13(2)18(14-8-10-22-11-9-14)24-20-23-12-17(25(20)3)19(26)15-4-6-16(21)7-5-15/h4-7,12-14,18,22H,8-11H2,1-3H3,(H,23,24). The number of nitrogens with zero attached hydrogens (tertiary/aromatic N) is 2. The molecule has 1 aliphatic rings. The highest BCUT2D eigenvalue weighted by Gasteiger charge is 2.27. The number of nitrogens with one attached hydrogen (secondary N) is 2. The number of rotatable bonds is 6. The van der Waals surface area contributed by atoms with Crippen molar-refractivity contribution in [3.8, 4) is 0 Å². The quantitative estimate of drug-likeness (QED) is 0.756. The van der Waals surface area contributed by atoms with Crippen molar-refractivity contribution in [1.82, 2.24) is 14.9 Å². The van der Waals surface area contributed by atoms with E-state index >= 15 is 0 Å². The second kappa shape index (κ2) is 8.23. The van der Waals surface area contributed by atoms with Crippen LogP contribution in [0.1, 0.15) is 42.7 Å². The average molecular weight is 375 g/mol. The van der Waals surface area contributed by atoms with Crippen molar-refractivity contribution in [2.75, 3.05) is 18.4 Å². The zero-order valence-corrected chi connectivity index (χ0v) is 16.4. The second-order valence-corrected chi connectivity index (χ2v) is 7.80. The molecule has 0 bridgehead atoms. The SMILES string of the molecule is CC(C)C(Nc1ncc(C(=O)c2ccc(Cl)cc2)n1C)C1CCNCC1. The molecule has 2 heterocycles. The maximum atomic E-state index is 12.8. The molecule has 0 spiro atoms. The summed E-state index contributed by atoms with van der Waals surface area (Å²) in [6.07, 6.45) is 3.98. The number of ketones is 1. The molecule has 1 unspecified atom stereocenters. The van der Waals surface area contributed by atoms with E-state index in [1.165, 1.54) is 0 Å². The van der Waals surface area contributed by atoms with E-state index in [4.69, 9.17) is 11.6 Å². The highest BCUT2D eigenvalue weighted by atomic mass is 35.5. The maximum absolute atomic E-state index is 12.8. The summed E-state index contributed by atoms with van der Waals surface area (Å²) in [7, 11) is 1.89. The van der Waals surface area contributed by atoms with Crippen LogP contribution in [-0.4, -0.2) is 34.5 Å². The molecular weight excluding hydrogens is 348 g/mol. The van der Waals surface area contributed by atoms with E-state index < -0.39 is 0 Å². The van der Waals surface area contributed by atoms with E-state index in [2.05, 4.69) is 29.5 Å². The van der Waals surface area contributed by atoms with Crippen LogP contribution in [0.4, 0.5) is 5.95 Å². The van der Waals surface area contributed by atoms with Crippen molar-refractivity contribution in [1.29, 1.82) is 0 Å². The Bertz CT molecular complexity index is 748. The minimum Gasteiger partial charge on any atom is -0.352 e. The molecule has 0 amide bonds. The van der Waals surface area contributed by atoms with E-state index in [-0.39, 0.29) is 5.78 Å². The van der Waals surface area contributed by atoms with Crippen LogP contribution >= 0.6 is 11.6 Å². The summed E-state index contributed by atoms with van der Waals surface area (Å²) in [5, 5.41) is 7.65. The second-order valence-electron chi connectivity index (χ2n) is 7.36. The Morgan fingerprint density at radius 3 is 2.54 bits per heavy atom. The molecular formula is C20H27ClN4O. The molecule has 1 saturated heterocycles. The van der Waals surface area contributed by atoms with Crippen LogP contribution in [0.2, 0.25) is 5.02 Å². The zero-order valence-electron chi connectivity index (χ0n) is 15.6. The molecule has 1 aliphatic heterocycles. The molecule has 2 aromatic rings. The molecule has 1 aromatic heterocycles. The Morgan fingerprint density at radius 2 is 1.92 bits per heavy atom. The lowest BCUT2D eigenvalue weighted by molar-refractivity contribution is 0.103. The van der Waals surface area contributed by atoms with Gasteiger partial charge in [-0.25, -0.2) is 4.98 Å². The van der Waals surface area contributed by atoms with Crippen LogP contribution in [0.25, 0.3) is 0 Å². The third-order valence-corrected chi connectivity index (χ3v) is 5.48. The molecule has 2 N–H and O–H groups in total. The van der Waals surface area contributed by atoms with Crippen LogP contribution in [0.5, 0.6) is 0 Å². The van der Waals surface area contributed by atoms with Crippen LogP contribution in [0, 0.1) is 11.8 Å². The van der Waals surface area contributed by atoms with E-state index in [0.717, 1.165) is 31.9 Å². The predicted molar refractivity (Wildman–Crippen MR) is 106 cm³/mol. The largest absolute Gasteiger partial charge is 0.352 e. The number of imidazole rings is 1.